The maximum atomic E-state index is 5.75. The molecule has 2 N–H and O–H groups in total. The molecule has 3 aromatic rings. The summed E-state index contributed by atoms with van der Waals surface area (Å²) in [5.74, 6) is 0.668. The average molecular weight is 260 g/mol. The second kappa shape index (κ2) is 4.27. The molecule has 0 atom stereocenters. The third-order valence-corrected chi connectivity index (χ3v) is 2.86. The molecule has 0 amide bonds. The van der Waals surface area contributed by atoms with Crippen LogP contribution >= 0.6 is 11.6 Å². The van der Waals surface area contributed by atoms with E-state index in [1.165, 1.54) is 0 Å². The summed E-state index contributed by atoms with van der Waals surface area (Å²) in [6.45, 7) is 2.02. The zero-order valence-electron chi connectivity index (χ0n) is 9.61. The molecule has 0 fully saturated rings. The summed E-state index contributed by atoms with van der Waals surface area (Å²) in [7, 11) is 0. The Balaban J connectivity index is 2.01. The SMILES string of the molecule is Cc1cc2[nH]ncc2cc1Nc1ccnc(Cl)n1. The van der Waals surface area contributed by atoms with Crippen LogP contribution in [0.2, 0.25) is 5.28 Å². The fourth-order valence-electron chi connectivity index (χ4n) is 1.78. The van der Waals surface area contributed by atoms with Gasteiger partial charge in [0.15, 0.2) is 0 Å². The van der Waals surface area contributed by atoms with Crippen LogP contribution in [0, 0.1) is 6.92 Å². The Bertz CT molecular complexity index is 707. The van der Waals surface area contributed by atoms with E-state index in [0.29, 0.717) is 5.82 Å². The van der Waals surface area contributed by atoms with E-state index in [4.69, 9.17) is 11.6 Å². The maximum absolute atomic E-state index is 5.75. The third-order valence-electron chi connectivity index (χ3n) is 2.67. The van der Waals surface area contributed by atoms with Gasteiger partial charge in [-0.1, -0.05) is 0 Å². The monoisotopic (exact) mass is 259 g/mol. The van der Waals surface area contributed by atoms with E-state index in [1.807, 2.05) is 19.1 Å². The first-order valence-corrected chi connectivity index (χ1v) is 5.79. The van der Waals surface area contributed by atoms with Crippen LogP contribution in [0.5, 0.6) is 0 Å². The average Bonchev–Trinajstić information content (AvgIpc) is 2.76. The van der Waals surface area contributed by atoms with Crippen molar-refractivity contribution >= 4 is 34.0 Å². The van der Waals surface area contributed by atoms with Gasteiger partial charge in [0.05, 0.1) is 11.7 Å². The van der Waals surface area contributed by atoms with Crippen LogP contribution in [-0.2, 0) is 0 Å². The minimum atomic E-state index is 0.224. The van der Waals surface area contributed by atoms with E-state index in [1.54, 1.807) is 18.5 Å². The molecule has 0 saturated carbocycles. The Labute approximate surface area is 108 Å². The number of anilines is 2. The van der Waals surface area contributed by atoms with Crippen LogP contribution < -0.4 is 5.32 Å². The molecule has 0 unspecified atom stereocenters. The number of nitrogens with one attached hydrogen (secondary N) is 2. The van der Waals surface area contributed by atoms with Gasteiger partial charge in [-0.25, -0.2) is 9.97 Å². The van der Waals surface area contributed by atoms with Crippen LogP contribution in [0.25, 0.3) is 10.9 Å². The Kier molecular flexibility index (Phi) is 2.60. The van der Waals surface area contributed by atoms with Gasteiger partial charge in [-0.15, -0.1) is 0 Å². The molecule has 0 spiro atoms. The summed E-state index contributed by atoms with van der Waals surface area (Å²) >= 11 is 5.75. The molecule has 2 heterocycles. The van der Waals surface area contributed by atoms with Gasteiger partial charge < -0.3 is 5.32 Å². The highest BCUT2D eigenvalue weighted by Gasteiger charge is 2.04. The molecule has 0 radical (unpaired) electrons. The van der Waals surface area contributed by atoms with Crippen molar-refractivity contribution in [2.75, 3.05) is 5.32 Å². The first-order valence-electron chi connectivity index (χ1n) is 5.42. The molecule has 0 aliphatic heterocycles. The van der Waals surface area contributed by atoms with Gasteiger partial charge in [0.2, 0.25) is 5.28 Å². The van der Waals surface area contributed by atoms with Crippen molar-refractivity contribution in [1.29, 1.82) is 0 Å². The summed E-state index contributed by atoms with van der Waals surface area (Å²) < 4.78 is 0. The molecular formula is C12H10ClN5. The number of benzene rings is 1. The van der Waals surface area contributed by atoms with Gasteiger partial charge in [-0.05, 0) is 42.3 Å². The summed E-state index contributed by atoms with van der Waals surface area (Å²) in [5, 5.41) is 11.4. The number of hydrogen-bond donors (Lipinski definition) is 2. The molecular weight excluding hydrogens is 250 g/mol. The third kappa shape index (κ3) is 2.00. The number of aryl methyl sites for hydroxylation is 1. The maximum Gasteiger partial charge on any atom is 0.224 e. The van der Waals surface area contributed by atoms with Gasteiger partial charge in [0, 0.05) is 17.3 Å². The highest BCUT2D eigenvalue weighted by Crippen LogP contribution is 2.24. The standard InChI is InChI=1S/C12H10ClN5/c1-7-4-10-8(6-15-18-10)5-9(7)16-11-2-3-14-12(13)17-11/h2-6H,1H3,(H,15,18)(H,14,16,17). The molecule has 90 valence electrons. The van der Waals surface area contributed by atoms with Gasteiger partial charge in [-0.2, -0.15) is 5.10 Å². The van der Waals surface area contributed by atoms with Crippen molar-refractivity contribution in [1.82, 2.24) is 20.2 Å². The van der Waals surface area contributed by atoms with E-state index < -0.39 is 0 Å². The molecule has 18 heavy (non-hydrogen) atoms. The van der Waals surface area contributed by atoms with Crippen molar-refractivity contribution in [2.24, 2.45) is 0 Å². The zero-order valence-corrected chi connectivity index (χ0v) is 10.4. The van der Waals surface area contributed by atoms with Gasteiger partial charge >= 0.3 is 0 Å². The number of aromatic nitrogens is 4. The number of nitrogens with zero attached hydrogens (tertiary/aromatic N) is 3. The number of hydrogen-bond acceptors (Lipinski definition) is 4. The first-order chi connectivity index (χ1) is 8.72. The summed E-state index contributed by atoms with van der Waals surface area (Å²) in [6, 6.07) is 5.82. The molecule has 5 nitrogen and oxygen atoms in total. The highest BCUT2D eigenvalue weighted by atomic mass is 35.5. The fourth-order valence-corrected chi connectivity index (χ4v) is 1.92. The lowest BCUT2D eigenvalue weighted by Crippen LogP contribution is -1.96. The van der Waals surface area contributed by atoms with Crippen molar-refractivity contribution < 1.29 is 0 Å². The largest absolute Gasteiger partial charge is 0.340 e. The van der Waals surface area contributed by atoms with Crippen LogP contribution in [0.1, 0.15) is 5.56 Å². The Morgan fingerprint density at radius 3 is 3.06 bits per heavy atom. The molecule has 0 aliphatic carbocycles. The van der Waals surface area contributed by atoms with Crippen LogP contribution in [-0.4, -0.2) is 20.2 Å². The van der Waals surface area contributed by atoms with Crippen LogP contribution in [0.3, 0.4) is 0 Å². The van der Waals surface area contributed by atoms with Gasteiger partial charge in [-0.3, -0.25) is 5.10 Å². The fraction of sp³-hybridized carbons (Fsp3) is 0.0833. The number of fused-ring (bicyclic) bond motifs is 1. The Hall–Kier alpha value is -2.14. The van der Waals surface area contributed by atoms with Crippen LogP contribution in [0.4, 0.5) is 11.5 Å². The van der Waals surface area contributed by atoms with Gasteiger partial charge in [0.25, 0.3) is 0 Å². The quantitative estimate of drug-likeness (QED) is 0.694. The number of halogens is 1. The molecule has 2 aromatic heterocycles. The lowest BCUT2D eigenvalue weighted by atomic mass is 10.1. The van der Waals surface area contributed by atoms with Crippen molar-refractivity contribution in [3.8, 4) is 0 Å². The molecule has 3 rings (SSSR count). The summed E-state index contributed by atoms with van der Waals surface area (Å²) in [6.07, 6.45) is 3.40. The van der Waals surface area contributed by atoms with E-state index >= 15 is 0 Å². The van der Waals surface area contributed by atoms with Crippen LogP contribution in [0.15, 0.2) is 30.6 Å². The van der Waals surface area contributed by atoms with E-state index in [9.17, 15) is 0 Å². The minimum absolute atomic E-state index is 0.224. The summed E-state index contributed by atoms with van der Waals surface area (Å²) in [5.41, 5.74) is 3.08. The first kappa shape index (κ1) is 11.0. The molecule has 0 saturated heterocycles. The van der Waals surface area contributed by atoms with Gasteiger partial charge in [0.1, 0.15) is 5.82 Å². The molecule has 0 bridgehead atoms. The second-order valence-electron chi connectivity index (χ2n) is 3.96. The number of aromatic amines is 1. The normalized spacial score (nSPS) is 10.8. The Morgan fingerprint density at radius 2 is 2.22 bits per heavy atom. The van der Waals surface area contributed by atoms with E-state index in [0.717, 1.165) is 22.2 Å². The Morgan fingerprint density at radius 1 is 1.33 bits per heavy atom. The van der Waals surface area contributed by atoms with E-state index in [2.05, 4.69) is 25.5 Å². The lowest BCUT2D eigenvalue weighted by Gasteiger charge is -2.08. The highest BCUT2D eigenvalue weighted by molar-refractivity contribution is 6.28. The van der Waals surface area contributed by atoms with Crippen molar-refractivity contribution in [3.63, 3.8) is 0 Å². The summed E-state index contributed by atoms with van der Waals surface area (Å²) in [4.78, 5) is 7.94. The zero-order chi connectivity index (χ0) is 12.5. The van der Waals surface area contributed by atoms with Crippen molar-refractivity contribution in [2.45, 2.75) is 6.92 Å². The predicted molar refractivity (Wildman–Crippen MR) is 71.2 cm³/mol. The predicted octanol–water partition coefficient (Wildman–Crippen LogP) is 3.06. The van der Waals surface area contributed by atoms with E-state index in [-0.39, 0.29) is 5.28 Å². The molecule has 6 heteroatoms. The number of H-pyrrole nitrogens is 1. The minimum Gasteiger partial charge on any atom is -0.340 e. The lowest BCUT2D eigenvalue weighted by molar-refractivity contribution is 1.12. The molecule has 0 aliphatic rings. The second-order valence-corrected chi connectivity index (χ2v) is 4.30. The number of rotatable bonds is 2. The smallest absolute Gasteiger partial charge is 0.224 e. The molecule has 1 aromatic carbocycles. The van der Waals surface area contributed by atoms with Crippen molar-refractivity contribution in [3.05, 3.63) is 41.4 Å². The topological polar surface area (TPSA) is 66.5 Å².